The fourth-order valence-corrected chi connectivity index (χ4v) is 9.07. The molecule has 0 saturated carbocycles. The number of nitrogens with zero attached hydrogens (tertiary/aromatic N) is 8. The molecule has 0 aromatic carbocycles. The molecule has 15 nitrogen and oxygen atoms in total. The van der Waals surface area contributed by atoms with Crippen LogP contribution < -0.4 is 24.5 Å². The van der Waals surface area contributed by atoms with E-state index in [1.54, 1.807) is 95.7 Å². The number of quaternary nitrogens is 5. The number of hydrogen-bond donors (Lipinski definition) is 5. The van der Waals surface area contributed by atoms with Gasteiger partial charge >= 0.3 is 0 Å². The monoisotopic (exact) mass is 1220 g/mol. The number of likely N-dealkylation sites (tertiary alicyclic amines) is 3. The highest BCUT2D eigenvalue weighted by Crippen LogP contribution is 2.06. The van der Waals surface area contributed by atoms with E-state index in [2.05, 4.69) is 113 Å². The van der Waals surface area contributed by atoms with E-state index < -0.39 is 0 Å². The van der Waals surface area contributed by atoms with Gasteiger partial charge in [-0.1, -0.05) is 56.2 Å². The molecule has 6 aromatic heterocycles. The molecule has 83 heavy (non-hydrogen) atoms. The summed E-state index contributed by atoms with van der Waals surface area (Å²) in [4.78, 5) is 39.2. The van der Waals surface area contributed by atoms with Crippen LogP contribution in [0.4, 0.5) is 0 Å². The van der Waals surface area contributed by atoms with E-state index in [1.165, 1.54) is 140 Å². The van der Waals surface area contributed by atoms with Crippen molar-refractivity contribution in [3.8, 4) is 0 Å². The largest absolute Gasteiger partial charge is 0.381 e. The summed E-state index contributed by atoms with van der Waals surface area (Å²) in [5, 5.41) is 7.19. The Hall–Kier alpha value is -4.05. The van der Waals surface area contributed by atoms with Gasteiger partial charge in [0.25, 0.3) is 0 Å². The maximum absolute atomic E-state index is 5.23. The first-order chi connectivity index (χ1) is 37.6. The van der Waals surface area contributed by atoms with E-state index in [0.29, 0.717) is 6.10 Å². The van der Waals surface area contributed by atoms with Gasteiger partial charge in [-0.2, -0.15) is 0 Å². The quantitative estimate of drug-likeness (QED) is 0.117. The summed E-state index contributed by atoms with van der Waals surface area (Å²) in [7, 11) is 15.3. The highest BCUT2D eigenvalue weighted by Gasteiger charge is 2.18. The van der Waals surface area contributed by atoms with Gasteiger partial charge < -0.3 is 34.0 Å². The summed E-state index contributed by atoms with van der Waals surface area (Å²) in [6, 6.07) is 9.97. The molecule has 0 atom stereocenters. The van der Waals surface area contributed by atoms with Crippen molar-refractivity contribution in [2.75, 3.05) is 141 Å². The molecule has 5 fully saturated rings. The third-order valence-corrected chi connectivity index (χ3v) is 15.4. The Morgan fingerprint density at radius 1 is 0.530 bits per heavy atom. The predicted molar refractivity (Wildman–Crippen MR) is 363 cm³/mol. The van der Waals surface area contributed by atoms with E-state index in [-0.39, 0.29) is 37.1 Å². The van der Waals surface area contributed by atoms with Gasteiger partial charge in [0.05, 0.1) is 123 Å². The molecule has 0 bridgehead atoms. The van der Waals surface area contributed by atoms with Gasteiger partial charge in [-0.25, -0.2) is 9.97 Å². The highest BCUT2D eigenvalue weighted by molar-refractivity contribution is 7.10. The van der Waals surface area contributed by atoms with Crippen molar-refractivity contribution >= 4 is 34.0 Å². The Morgan fingerprint density at radius 2 is 1.11 bits per heavy atom. The van der Waals surface area contributed by atoms with E-state index in [9.17, 15) is 0 Å². The first kappa shape index (κ1) is 87.7. The van der Waals surface area contributed by atoms with Crippen LogP contribution in [0.1, 0.15) is 122 Å². The number of aryl methyl sites for hydroxylation is 6. The number of aromatic nitrogens is 7. The molecular weight excluding hydrogens is 1090 g/mol. The average Bonchev–Trinajstić information content (AvgIpc) is 4.27. The molecule has 6 aromatic rings. The number of piperidine rings is 3. The van der Waals surface area contributed by atoms with Crippen LogP contribution in [0.25, 0.3) is 0 Å². The van der Waals surface area contributed by atoms with E-state index in [4.69, 9.17) is 9.47 Å². The lowest BCUT2D eigenvalue weighted by atomic mass is 10.00. The van der Waals surface area contributed by atoms with Crippen molar-refractivity contribution in [2.45, 2.75) is 137 Å². The van der Waals surface area contributed by atoms with Crippen molar-refractivity contribution in [3.63, 3.8) is 0 Å². The molecule has 0 radical (unpaired) electrons. The Morgan fingerprint density at radius 3 is 1.37 bits per heavy atom. The van der Waals surface area contributed by atoms with Crippen molar-refractivity contribution in [3.05, 3.63) is 134 Å². The molecule has 5 aliphatic rings. The second-order valence-corrected chi connectivity index (χ2v) is 24.0. The zero-order chi connectivity index (χ0) is 57.4. The summed E-state index contributed by atoms with van der Waals surface area (Å²) in [6.07, 6.45) is 24.0. The highest BCUT2D eigenvalue weighted by atomic mass is 32.1. The third-order valence-electron chi connectivity index (χ3n) is 13.1. The van der Waals surface area contributed by atoms with Crippen molar-refractivity contribution in [2.24, 2.45) is 5.92 Å². The number of hydrogen-bond acceptors (Lipinski definition) is 13. The Labute approximate surface area is 522 Å². The summed E-state index contributed by atoms with van der Waals surface area (Å²) in [6.45, 7) is 31.9. The summed E-state index contributed by atoms with van der Waals surface area (Å²) in [5.41, 5.74) is 6.12. The van der Waals surface area contributed by atoms with Crippen LogP contribution in [-0.4, -0.2) is 187 Å². The third kappa shape index (κ3) is 56.8. The SMILES string of the molecule is C.C.C.C.C.CC1CC[NH+](C)CC1.CN1CC[NH+](C)CC1.COC1CC[NH+](C)CC1.C[NH+]1CCCCC1.C[NH+]1CCOCC1.Cc1cccnc1.Cc1cccs1.Cc1ccncn1.Cc1cnccn1.Cc1cscn1.Cc1nccs1. The lowest BCUT2D eigenvalue weighted by Crippen LogP contribution is -3.11. The second-order valence-electron chi connectivity index (χ2n) is 21.0. The van der Waals surface area contributed by atoms with E-state index >= 15 is 0 Å². The molecule has 0 unspecified atom stereocenters. The molecule has 0 aliphatic carbocycles. The first-order valence-electron chi connectivity index (χ1n) is 28.4. The summed E-state index contributed by atoms with van der Waals surface area (Å²) < 4.78 is 10.3. The molecule has 11 heterocycles. The van der Waals surface area contributed by atoms with Crippen LogP contribution in [0.15, 0.2) is 102 Å². The average molecular weight is 1220 g/mol. The van der Waals surface area contributed by atoms with Gasteiger partial charge in [0.1, 0.15) is 19.4 Å². The van der Waals surface area contributed by atoms with Crippen LogP contribution in [0.3, 0.4) is 0 Å². The summed E-state index contributed by atoms with van der Waals surface area (Å²) in [5.74, 6) is 0.999. The number of nitrogens with one attached hydrogen (secondary N) is 5. The smallest absolute Gasteiger partial charge is 0.115 e. The maximum atomic E-state index is 5.23. The number of piperazine rings is 1. The minimum absolute atomic E-state index is 0. The lowest BCUT2D eigenvalue weighted by Gasteiger charge is -2.26. The number of likely N-dealkylation sites (N-methyl/N-ethyl adjacent to an activating group) is 3. The molecule has 5 N–H and O–H groups in total. The molecule has 0 amide bonds. The minimum Gasteiger partial charge on any atom is -0.381 e. The number of pyridine rings is 1. The molecule has 11 rings (SSSR count). The number of thiazole rings is 2. The topological polar surface area (TPSA) is 134 Å². The normalized spacial score (nSPS) is 18.7. The van der Waals surface area contributed by atoms with Crippen LogP contribution in [0.2, 0.25) is 0 Å². The lowest BCUT2D eigenvalue weighted by molar-refractivity contribution is -0.888. The van der Waals surface area contributed by atoms with Gasteiger partial charge in [-0.05, 0) is 116 Å². The fraction of sp³-hybridized carbons (Fsp3) is 0.646. The van der Waals surface area contributed by atoms with Gasteiger partial charge in [0.2, 0.25) is 0 Å². The molecular formula is C65H128N13O2S3+5. The maximum Gasteiger partial charge on any atom is 0.115 e. The number of thiophene rings is 1. The van der Waals surface area contributed by atoms with E-state index in [0.717, 1.165) is 41.2 Å². The van der Waals surface area contributed by atoms with Crippen LogP contribution >= 0.6 is 34.0 Å². The first-order valence-corrected chi connectivity index (χ1v) is 31.1. The molecule has 478 valence electrons. The van der Waals surface area contributed by atoms with Crippen LogP contribution in [0, 0.1) is 47.5 Å². The number of rotatable bonds is 1. The Balaban J connectivity index is -0.000000268. The molecule has 18 heteroatoms. The predicted octanol–water partition coefficient (Wildman–Crippen LogP) is 7.00. The number of morpholine rings is 1. The fourth-order valence-electron chi connectivity index (χ4n) is 7.56. The molecule has 0 spiro atoms. The second kappa shape index (κ2) is 59.7. The number of methoxy groups -OCH3 is 1. The van der Waals surface area contributed by atoms with E-state index in [1.807, 2.05) is 82.4 Å². The van der Waals surface area contributed by atoms with Crippen LogP contribution in [0.5, 0.6) is 0 Å². The van der Waals surface area contributed by atoms with Crippen molar-refractivity contribution < 1.29 is 34.0 Å². The Kier molecular flexibility index (Phi) is 63.1. The van der Waals surface area contributed by atoms with Gasteiger partial charge in [0.15, 0.2) is 0 Å². The van der Waals surface area contributed by atoms with Gasteiger partial charge in [-0.3, -0.25) is 29.8 Å². The van der Waals surface area contributed by atoms with Crippen LogP contribution in [-0.2, 0) is 9.47 Å². The van der Waals surface area contributed by atoms with Crippen molar-refractivity contribution in [1.29, 1.82) is 0 Å². The van der Waals surface area contributed by atoms with Gasteiger partial charge in [-0.15, -0.1) is 34.0 Å². The van der Waals surface area contributed by atoms with Gasteiger partial charge in [0, 0.05) is 103 Å². The minimum atomic E-state index is 0. The zero-order valence-electron chi connectivity index (χ0n) is 50.9. The van der Waals surface area contributed by atoms with Crippen molar-refractivity contribution in [1.82, 2.24) is 39.8 Å². The summed E-state index contributed by atoms with van der Waals surface area (Å²) >= 11 is 5.07. The molecule has 5 aliphatic heterocycles. The standard InChI is InChI=1S/C7H15NO.C7H15N.C6H14N2.C6H7N.C6H13N.2C5H6N2.C5H11NO.C5H6S.2C4H5NS.5CH4/c1-8-5-3-7(9-2)4-6-8;2*1-7-3-5-8(2)6-4-7;1-6-3-2-4-7-5-6;1-7-5-3-2-4-6-7;1-5-4-6-2-3-7-5;1-5-2-3-6-4-7-5;1-6-2-4-7-5-3-6;1-5-3-2-4-6-5;1-4-2-6-3-5-4;1-4-5-2-3-6-4;;;;;/h7H,3-6H2,1-2H3;7H,3-6H2,1-2H3;3-6H2,1-2H3;2-5H,1H3;2-6H2,1H3;2*2-4H,1H3;2-5H2,1H3;2-4H,1H3;2*2-3H,1H3;5*1H4/p+5. The Bertz CT molecular complexity index is 1860. The zero-order valence-corrected chi connectivity index (χ0v) is 53.4. The number of ether oxygens (including phenoxy) is 2. The molecule has 5 saturated heterocycles.